The number of carbonyl (C=O) groups excluding carboxylic acids is 1. The number of nitrogens with zero attached hydrogens (tertiary/aromatic N) is 2. The highest BCUT2D eigenvalue weighted by atomic mass is 16.5. The van der Waals surface area contributed by atoms with E-state index in [0.717, 1.165) is 5.56 Å². The molecular weight excluding hydrogens is 280 g/mol. The first-order valence-corrected chi connectivity index (χ1v) is 7.20. The first kappa shape index (κ1) is 15.9. The van der Waals surface area contributed by atoms with Crippen molar-refractivity contribution >= 4 is 11.9 Å². The van der Waals surface area contributed by atoms with Crippen molar-refractivity contribution in [3.05, 3.63) is 54.4 Å². The van der Waals surface area contributed by atoms with Crippen LogP contribution in [0.4, 0.5) is 5.95 Å². The second-order valence-electron chi connectivity index (χ2n) is 4.73. The van der Waals surface area contributed by atoms with Crippen molar-refractivity contribution in [1.29, 1.82) is 0 Å². The number of aromatic nitrogens is 2. The number of nitrogens with one attached hydrogen (secondary N) is 2. The van der Waals surface area contributed by atoms with Gasteiger partial charge in [-0.2, -0.15) is 0 Å². The van der Waals surface area contributed by atoms with Crippen LogP contribution in [0.5, 0.6) is 0 Å². The van der Waals surface area contributed by atoms with Crippen molar-refractivity contribution in [2.75, 3.05) is 18.4 Å². The Bertz CT molecular complexity index is 563. The average molecular weight is 300 g/mol. The van der Waals surface area contributed by atoms with Gasteiger partial charge in [-0.25, -0.2) is 9.97 Å². The van der Waals surface area contributed by atoms with Gasteiger partial charge in [-0.05, 0) is 18.6 Å². The Morgan fingerprint density at radius 2 is 1.86 bits per heavy atom. The summed E-state index contributed by atoms with van der Waals surface area (Å²) in [4.78, 5) is 19.9. The predicted octanol–water partition coefficient (Wildman–Crippen LogP) is 1.61. The summed E-state index contributed by atoms with van der Waals surface area (Å²) in [5.74, 6) is 0.414. The molecule has 1 aromatic carbocycles. The van der Waals surface area contributed by atoms with Crippen molar-refractivity contribution in [2.24, 2.45) is 0 Å². The van der Waals surface area contributed by atoms with E-state index < -0.39 is 6.10 Å². The lowest BCUT2D eigenvalue weighted by Crippen LogP contribution is -2.37. The van der Waals surface area contributed by atoms with E-state index in [0.29, 0.717) is 25.6 Å². The molecule has 0 aliphatic heterocycles. The number of benzene rings is 1. The van der Waals surface area contributed by atoms with Gasteiger partial charge < -0.3 is 15.4 Å². The van der Waals surface area contributed by atoms with Gasteiger partial charge in [0.05, 0.1) is 6.61 Å². The summed E-state index contributed by atoms with van der Waals surface area (Å²) in [7, 11) is 0. The van der Waals surface area contributed by atoms with Crippen molar-refractivity contribution in [1.82, 2.24) is 15.3 Å². The molecule has 6 nitrogen and oxygen atoms in total. The lowest BCUT2D eigenvalue weighted by molar-refractivity contribution is -0.132. The molecule has 6 heteroatoms. The SMILES string of the molecule is C[C@H](OCc1ccccc1)C(=O)NCCNc1ncccn1. The number of amides is 1. The monoisotopic (exact) mass is 300 g/mol. The van der Waals surface area contributed by atoms with E-state index in [4.69, 9.17) is 4.74 Å². The Balaban J connectivity index is 1.62. The molecular formula is C16H20N4O2. The Morgan fingerprint density at radius 3 is 2.59 bits per heavy atom. The van der Waals surface area contributed by atoms with E-state index >= 15 is 0 Å². The zero-order valence-electron chi connectivity index (χ0n) is 12.5. The highest BCUT2D eigenvalue weighted by molar-refractivity contribution is 5.80. The molecule has 0 unspecified atom stereocenters. The largest absolute Gasteiger partial charge is 0.364 e. The van der Waals surface area contributed by atoms with Crippen LogP contribution in [0.3, 0.4) is 0 Å². The van der Waals surface area contributed by atoms with Gasteiger partial charge in [0, 0.05) is 25.5 Å². The minimum Gasteiger partial charge on any atom is -0.364 e. The Kier molecular flexibility index (Phi) is 6.32. The fourth-order valence-electron chi connectivity index (χ4n) is 1.77. The third-order valence-electron chi connectivity index (χ3n) is 2.99. The molecule has 116 valence electrons. The third kappa shape index (κ3) is 5.49. The van der Waals surface area contributed by atoms with Gasteiger partial charge in [-0.15, -0.1) is 0 Å². The molecule has 1 heterocycles. The van der Waals surface area contributed by atoms with Gasteiger partial charge in [-0.3, -0.25) is 4.79 Å². The minimum absolute atomic E-state index is 0.133. The number of hydrogen-bond acceptors (Lipinski definition) is 5. The molecule has 0 saturated heterocycles. The molecule has 0 fully saturated rings. The van der Waals surface area contributed by atoms with Gasteiger partial charge in [0.25, 0.3) is 0 Å². The first-order valence-electron chi connectivity index (χ1n) is 7.20. The second kappa shape index (κ2) is 8.74. The van der Waals surface area contributed by atoms with Crippen LogP contribution in [0.15, 0.2) is 48.8 Å². The summed E-state index contributed by atoms with van der Waals surface area (Å²) in [6.45, 7) is 3.20. The zero-order chi connectivity index (χ0) is 15.6. The molecule has 2 N–H and O–H groups in total. The van der Waals surface area contributed by atoms with Crippen molar-refractivity contribution in [3.63, 3.8) is 0 Å². The van der Waals surface area contributed by atoms with Crippen LogP contribution in [-0.2, 0) is 16.1 Å². The molecule has 0 spiro atoms. The van der Waals surface area contributed by atoms with Gasteiger partial charge in [0.1, 0.15) is 6.10 Å². The Labute approximate surface area is 129 Å². The highest BCUT2D eigenvalue weighted by Gasteiger charge is 2.12. The topological polar surface area (TPSA) is 76.1 Å². The summed E-state index contributed by atoms with van der Waals surface area (Å²) < 4.78 is 5.55. The van der Waals surface area contributed by atoms with Gasteiger partial charge in [0.2, 0.25) is 11.9 Å². The maximum Gasteiger partial charge on any atom is 0.248 e. The lowest BCUT2D eigenvalue weighted by Gasteiger charge is -2.13. The molecule has 0 saturated carbocycles. The molecule has 0 radical (unpaired) electrons. The number of carbonyl (C=O) groups is 1. The zero-order valence-corrected chi connectivity index (χ0v) is 12.5. The number of hydrogen-bond donors (Lipinski definition) is 2. The molecule has 1 amide bonds. The predicted molar refractivity (Wildman–Crippen MR) is 84.2 cm³/mol. The van der Waals surface area contributed by atoms with Crippen LogP contribution < -0.4 is 10.6 Å². The summed E-state index contributed by atoms with van der Waals surface area (Å²) in [5, 5.41) is 5.83. The van der Waals surface area contributed by atoms with Crippen LogP contribution in [0, 0.1) is 0 Å². The molecule has 0 aliphatic carbocycles. The highest BCUT2D eigenvalue weighted by Crippen LogP contribution is 2.03. The van der Waals surface area contributed by atoms with Crippen LogP contribution in [-0.4, -0.2) is 35.1 Å². The van der Waals surface area contributed by atoms with Crippen LogP contribution in [0.25, 0.3) is 0 Å². The van der Waals surface area contributed by atoms with Crippen molar-refractivity contribution < 1.29 is 9.53 Å². The molecule has 22 heavy (non-hydrogen) atoms. The minimum atomic E-state index is -0.492. The second-order valence-corrected chi connectivity index (χ2v) is 4.73. The van der Waals surface area contributed by atoms with E-state index in [-0.39, 0.29) is 5.91 Å². The van der Waals surface area contributed by atoms with Crippen molar-refractivity contribution in [3.8, 4) is 0 Å². The molecule has 2 aromatic rings. The van der Waals surface area contributed by atoms with Gasteiger partial charge in [0.15, 0.2) is 0 Å². The average Bonchev–Trinajstić information content (AvgIpc) is 2.58. The van der Waals surface area contributed by atoms with E-state index in [9.17, 15) is 4.79 Å². The fourth-order valence-corrected chi connectivity index (χ4v) is 1.77. The first-order chi connectivity index (χ1) is 10.8. The van der Waals surface area contributed by atoms with Crippen LogP contribution in [0.1, 0.15) is 12.5 Å². The molecule has 1 atom stereocenters. The third-order valence-corrected chi connectivity index (χ3v) is 2.99. The number of ether oxygens (including phenoxy) is 1. The molecule has 0 aliphatic rings. The molecule has 1 aromatic heterocycles. The molecule has 0 bridgehead atoms. The smallest absolute Gasteiger partial charge is 0.248 e. The summed E-state index contributed by atoms with van der Waals surface area (Å²) in [5.41, 5.74) is 1.05. The Hall–Kier alpha value is -2.47. The number of rotatable bonds is 8. The van der Waals surface area contributed by atoms with Gasteiger partial charge >= 0.3 is 0 Å². The summed E-state index contributed by atoms with van der Waals surface area (Å²) in [6, 6.07) is 11.5. The summed E-state index contributed by atoms with van der Waals surface area (Å²) in [6.07, 6.45) is 2.83. The normalized spacial score (nSPS) is 11.7. The quantitative estimate of drug-likeness (QED) is 0.724. The maximum absolute atomic E-state index is 11.9. The van der Waals surface area contributed by atoms with Gasteiger partial charge in [-0.1, -0.05) is 30.3 Å². The van der Waals surface area contributed by atoms with Crippen LogP contribution in [0.2, 0.25) is 0 Å². The van der Waals surface area contributed by atoms with Crippen LogP contribution >= 0.6 is 0 Å². The fraction of sp³-hybridized carbons (Fsp3) is 0.312. The van der Waals surface area contributed by atoms with E-state index in [1.807, 2.05) is 30.3 Å². The Morgan fingerprint density at radius 1 is 1.14 bits per heavy atom. The lowest BCUT2D eigenvalue weighted by atomic mass is 10.2. The van der Waals surface area contributed by atoms with E-state index in [2.05, 4.69) is 20.6 Å². The molecule has 2 rings (SSSR count). The summed E-state index contributed by atoms with van der Waals surface area (Å²) >= 11 is 0. The van der Waals surface area contributed by atoms with Crippen molar-refractivity contribution in [2.45, 2.75) is 19.6 Å². The number of anilines is 1. The standard InChI is InChI=1S/C16H20N4O2/c1-13(22-12-14-6-3-2-4-7-14)15(21)17-10-11-20-16-18-8-5-9-19-16/h2-9,13H,10-12H2,1H3,(H,17,21)(H,18,19,20)/t13-/m0/s1. The maximum atomic E-state index is 11.9. The van der Waals surface area contributed by atoms with E-state index in [1.165, 1.54) is 0 Å². The van der Waals surface area contributed by atoms with E-state index in [1.54, 1.807) is 25.4 Å².